The van der Waals surface area contributed by atoms with Gasteiger partial charge in [-0.15, -0.1) is 0 Å². The summed E-state index contributed by atoms with van der Waals surface area (Å²) in [6.45, 7) is 8.46. The monoisotopic (exact) mass is 170 g/mol. The fourth-order valence-electron chi connectivity index (χ4n) is 0.810. The first-order valence-electron chi connectivity index (χ1n) is 3.96. The van der Waals surface area contributed by atoms with Crippen LogP contribution in [-0.4, -0.2) is 11.2 Å². The molecular weight excluding hydrogens is 155 g/mol. The van der Waals surface area contributed by atoms with E-state index in [2.05, 4.69) is 13.2 Å². The number of halogens is 1. The summed E-state index contributed by atoms with van der Waals surface area (Å²) in [5, 5.41) is 9.22. The predicted molar refractivity (Wildman–Crippen MR) is 49.4 cm³/mol. The van der Waals surface area contributed by atoms with Gasteiger partial charge in [0.1, 0.15) is 5.83 Å². The third kappa shape index (κ3) is 4.09. The molecule has 0 amide bonds. The number of aliphatic hydroxyl groups excluding tert-OH is 1. The van der Waals surface area contributed by atoms with Gasteiger partial charge in [-0.25, -0.2) is 4.39 Å². The molecule has 0 aliphatic heterocycles. The molecule has 0 saturated carbocycles. The topological polar surface area (TPSA) is 20.2 Å². The predicted octanol–water partition coefficient (Wildman–Crippen LogP) is 2.74. The van der Waals surface area contributed by atoms with Crippen molar-refractivity contribution >= 4 is 0 Å². The zero-order chi connectivity index (χ0) is 9.56. The Morgan fingerprint density at radius 1 is 1.67 bits per heavy atom. The third-order valence-corrected chi connectivity index (χ3v) is 1.59. The van der Waals surface area contributed by atoms with E-state index in [1.165, 1.54) is 12.2 Å². The van der Waals surface area contributed by atoms with Gasteiger partial charge in [-0.2, -0.15) is 0 Å². The SMILES string of the molecule is C=C/C=C(/CC(O)CC)C(=C)F. The van der Waals surface area contributed by atoms with Crippen molar-refractivity contribution in [3.8, 4) is 0 Å². The Labute approximate surface area is 72.9 Å². The molecular formula is C10H15FO. The standard InChI is InChI=1S/C10H15FO/c1-4-6-9(8(3)11)7-10(12)5-2/h4,6,10,12H,1,3,5,7H2,2H3/b9-6-. The van der Waals surface area contributed by atoms with E-state index in [4.69, 9.17) is 0 Å². The Morgan fingerprint density at radius 3 is 2.58 bits per heavy atom. The first-order valence-corrected chi connectivity index (χ1v) is 3.96. The minimum atomic E-state index is -0.498. The number of aliphatic hydroxyl groups is 1. The lowest BCUT2D eigenvalue weighted by atomic mass is 10.1. The van der Waals surface area contributed by atoms with Crippen LogP contribution in [0.3, 0.4) is 0 Å². The van der Waals surface area contributed by atoms with Gasteiger partial charge in [0.15, 0.2) is 0 Å². The van der Waals surface area contributed by atoms with E-state index in [9.17, 15) is 9.50 Å². The highest BCUT2D eigenvalue weighted by Gasteiger charge is 2.07. The van der Waals surface area contributed by atoms with Crippen LogP contribution in [-0.2, 0) is 0 Å². The van der Waals surface area contributed by atoms with Gasteiger partial charge in [-0.1, -0.05) is 32.2 Å². The van der Waals surface area contributed by atoms with Crippen molar-refractivity contribution in [2.75, 3.05) is 0 Å². The average molecular weight is 170 g/mol. The summed E-state index contributed by atoms with van der Waals surface area (Å²) in [4.78, 5) is 0. The molecule has 1 nitrogen and oxygen atoms in total. The van der Waals surface area contributed by atoms with Gasteiger partial charge < -0.3 is 5.11 Å². The quantitative estimate of drug-likeness (QED) is 0.629. The fourth-order valence-corrected chi connectivity index (χ4v) is 0.810. The molecule has 0 saturated heterocycles. The van der Waals surface area contributed by atoms with Crippen LogP contribution in [0.1, 0.15) is 19.8 Å². The molecule has 2 heteroatoms. The van der Waals surface area contributed by atoms with Crippen LogP contribution in [0.5, 0.6) is 0 Å². The van der Waals surface area contributed by atoms with E-state index in [0.29, 0.717) is 18.4 Å². The van der Waals surface area contributed by atoms with Gasteiger partial charge in [0.25, 0.3) is 0 Å². The summed E-state index contributed by atoms with van der Waals surface area (Å²) in [7, 11) is 0. The highest BCUT2D eigenvalue weighted by atomic mass is 19.1. The Hall–Kier alpha value is -0.890. The molecule has 0 fully saturated rings. The maximum atomic E-state index is 12.6. The molecule has 12 heavy (non-hydrogen) atoms. The van der Waals surface area contributed by atoms with Crippen molar-refractivity contribution in [2.24, 2.45) is 0 Å². The first-order chi connectivity index (χ1) is 5.61. The summed E-state index contributed by atoms with van der Waals surface area (Å²) in [6.07, 6.45) is 3.44. The molecule has 0 spiro atoms. The van der Waals surface area contributed by atoms with Crippen LogP contribution in [0.4, 0.5) is 4.39 Å². The van der Waals surface area contributed by atoms with Crippen LogP contribution in [0, 0.1) is 0 Å². The summed E-state index contributed by atoms with van der Waals surface area (Å²) in [6, 6.07) is 0. The molecule has 0 aliphatic rings. The van der Waals surface area contributed by atoms with Gasteiger partial charge >= 0.3 is 0 Å². The number of hydrogen-bond donors (Lipinski definition) is 1. The Bertz CT molecular complexity index is 194. The molecule has 0 aromatic rings. The van der Waals surface area contributed by atoms with Gasteiger partial charge in [0.2, 0.25) is 0 Å². The highest BCUT2D eigenvalue weighted by molar-refractivity contribution is 5.26. The first kappa shape index (κ1) is 11.1. The maximum Gasteiger partial charge on any atom is 0.119 e. The van der Waals surface area contributed by atoms with Crippen molar-refractivity contribution in [3.63, 3.8) is 0 Å². The minimum Gasteiger partial charge on any atom is -0.393 e. The van der Waals surface area contributed by atoms with Gasteiger partial charge in [-0.3, -0.25) is 0 Å². The van der Waals surface area contributed by atoms with Gasteiger partial charge in [0.05, 0.1) is 6.10 Å². The molecule has 0 rings (SSSR count). The van der Waals surface area contributed by atoms with Gasteiger partial charge in [0, 0.05) is 6.42 Å². The van der Waals surface area contributed by atoms with Crippen LogP contribution < -0.4 is 0 Å². The van der Waals surface area contributed by atoms with Crippen LogP contribution >= 0.6 is 0 Å². The molecule has 1 N–H and O–H groups in total. The second-order valence-electron chi connectivity index (χ2n) is 2.60. The lowest BCUT2D eigenvalue weighted by Gasteiger charge is -2.08. The summed E-state index contributed by atoms with van der Waals surface area (Å²) >= 11 is 0. The molecule has 1 unspecified atom stereocenters. The molecule has 0 radical (unpaired) electrons. The Balaban J connectivity index is 4.24. The zero-order valence-electron chi connectivity index (χ0n) is 7.39. The Kier molecular flexibility index (Phi) is 5.30. The Morgan fingerprint density at radius 2 is 2.25 bits per heavy atom. The normalized spacial score (nSPS) is 14.1. The molecule has 68 valence electrons. The second kappa shape index (κ2) is 5.72. The molecule has 0 aromatic carbocycles. The van der Waals surface area contributed by atoms with Crippen molar-refractivity contribution in [1.82, 2.24) is 0 Å². The lowest BCUT2D eigenvalue weighted by molar-refractivity contribution is 0.170. The highest BCUT2D eigenvalue weighted by Crippen LogP contribution is 2.16. The van der Waals surface area contributed by atoms with E-state index >= 15 is 0 Å². The van der Waals surface area contributed by atoms with Crippen molar-refractivity contribution in [1.29, 1.82) is 0 Å². The number of hydrogen-bond acceptors (Lipinski definition) is 1. The van der Waals surface area contributed by atoms with E-state index in [1.807, 2.05) is 6.92 Å². The lowest BCUT2D eigenvalue weighted by Crippen LogP contribution is -2.05. The van der Waals surface area contributed by atoms with Crippen molar-refractivity contribution < 1.29 is 9.50 Å². The summed E-state index contributed by atoms with van der Waals surface area (Å²) in [5.41, 5.74) is 0.416. The van der Waals surface area contributed by atoms with Crippen molar-refractivity contribution in [3.05, 3.63) is 36.7 Å². The smallest absolute Gasteiger partial charge is 0.119 e. The van der Waals surface area contributed by atoms with E-state index < -0.39 is 11.9 Å². The van der Waals surface area contributed by atoms with Gasteiger partial charge in [-0.05, 0) is 12.0 Å². The minimum absolute atomic E-state index is 0.303. The van der Waals surface area contributed by atoms with Crippen LogP contribution in [0.15, 0.2) is 36.7 Å². The molecule has 0 aliphatic carbocycles. The number of rotatable bonds is 5. The molecule has 0 bridgehead atoms. The zero-order valence-corrected chi connectivity index (χ0v) is 7.39. The molecule has 0 heterocycles. The van der Waals surface area contributed by atoms with Crippen LogP contribution in [0.25, 0.3) is 0 Å². The van der Waals surface area contributed by atoms with E-state index in [0.717, 1.165) is 0 Å². The van der Waals surface area contributed by atoms with E-state index in [1.54, 1.807) is 0 Å². The molecule has 1 atom stereocenters. The largest absolute Gasteiger partial charge is 0.393 e. The van der Waals surface area contributed by atoms with E-state index in [-0.39, 0.29) is 0 Å². The maximum absolute atomic E-state index is 12.6. The average Bonchev–Trinajstić information content (AvgIpc) is 2.03. The second-order valence-corrected chi connectivity index (χ2v) is 2.60. The fraction of sp³-hybridized carbons (Fsp3) is 0.400. The van der Waals surface area contributed by atoms with Crippen LogP contribution in [0.2, 0.25) is 0 Å². The summed E-state index contributed by atoms with van der Waals surface area (Å²) < 4.78 is 12.6. The molecule has 0 aromatic heterocycles. The number of allylic oxidation sites excluding steroid dienone is 3. The van der Waals surface area contributed by atoms with Crippen molar-refractivity contribution in [2.45, 2.75) is 25.9 Å². The summed E-state index contributed by atoms with van der Waals surface area (Å²) in [5.74, 6) is -0.498. The third-order valence-electron chi connectivity index (χ3n) is 1.59.